The second-order valence-corrected chi connectivity index (χ2v) is 60.0. The van der Waals surface area contributed by atoms with Gasteiger partial charge in [-0.2, -0.15) is 0 Å². The molecule has 32 atom stereocenters. The summed E-state index contributed by atoms with van der Waals surface area (Å²) in [5.74, 6) is -0.0861. The van der Waals surface area contributed by atoms with E-state index in [1.807, 2.05) is 104 Å². The summed E-state index contributed by atoms with van der Waals surface area (Å²) in [6, 6.07) is 0. The lowest BCUT2D eigenvalue weighted by molar-refractivity contribution is -0.172. The van der Waals surface area contributed by atoms with Crippen molar-refractivity contribution in [1.29, 1.82) is 0 Å². The van der Waals surface area contributed by atoms with Gasteiger partial charge in [-0.1, -0.05) is 240 Å². The van der Waals surface area contributed by atoms with E-state index in [1.165, 1.54) is 7.11 Å². The fourth-order valence-electron chi connectivity index (χ4n) is 41.7. The molecule has 1 aromatic heterocycles. The van der Waals surface area contributed by atoms with Crippen LogP contribution in [-0.2, 0) is 57.5 Å². The second-order valence-electron chi connectivity index (χ2n) is 60.0. The monoisotopic (exact) mass is 2040 g/mol. The van der Waals surface area contributed by atoms with Crippen molar-refractivity contribution in [3.05, 3.63) is 158 Å². The van der Waals surface area contributed by atoms with Crippen molar-refractivity contribution in [2.45, 2.75) is 348 Å². The van der Waals surface area contributed by atoms with Gasteiger partial charge in [-0.25, -0.2) is 24.4 Å². The number of esters is 1. The summed E-state index contributed by atoms with van der Waals surface area (Å²) >= 11 is 0. The summed E-state index contributed by atoms with van der Waals surface area (Å²) in [4.78, 5) is 181. The van der Waals surface area contributed by atoms with Crippen LogP contribution in [0.25, 0.3) is 19.4 Å². The van der Waals surface area contributed by atoms with Gasteiger partial charge in [-0.15, -0.1) is 0 Å². The number of rotatable bonds is 4. The first-order chi connectivity index (χ1) is 69.3. The zero-order chi connectivity index (χ0) is 110. The smallest absolute Gasteiger partial charge is 0.308 e. The van der Waals surface area contributed by atoms with Crippen LogP contribution in [0, 0.1) is 253 Å². The number of ketones is 8. The number of carbonyl (C=O) groups is 12. The van der Waals surface area contributed by atoms with Crippen molar-refractivity contribution in [1.82, 2.24) is 14.9 Å². The summed E-state index contributed by atoms with van der Waals surface area (Å²) in [5, 5.41) is 13.0. The molecule has 21 heteroatoms. The van der Waals surface area contributed by atoms with Crippen molar-refractivity contribution in [3.63, 3.8) is 0 Å². The molecule has 1 heterocycles. The number of ether oxygens (including phenoxy) is 1. The van der Waals surface area contributed by atoms with E-state index in [4.69, 9.17) is 31.0 Å². The number of carboxylic acid groups (broad SMARTS) is 1. The van der Waals surface area contributed by atoms with Crippen molar-refractivity contribution in [2.24, 2.45) is 227 Å². The number of carboxylic acids is 1. The van der Waals surface area contributed by atoms with Crippen LogP contribution < -0.4 is 5.32 Å². The number of amides is 1. The van der Waals surface area contributed by atoms with Gasteiger partial charge in [0.1, 0.15) is 6.33 Å². The van der Waals surface area contributed by atoms with E-state index in [-0.39, 0.29) is 264 Å². The molecule has 0 aromatic carbocycles. The molecule has 20 aliphatic rings. The van der Waals surface area contributed by atoms with Crippen LogP contribution in [0.15, 0.2) is 112 Å². The lowest BCUT2D eigenvalue weighted by atomic mass is 9.35. The average molecular weight is 2040 g/mol. The van der Waals surface area contributed by atoms with Crippen molar-refractivity contribution >= 4 is 70.0 Å². The lowest BCUT2D eigenvalue weighted by Gasteiger charge is -2.68. The van der Waals surface area contributed by atoms with Gasteiger partial charge in [0.25, 0.3) is 0 Å². The molecule has 4 unspecified atom stereocenters. The fraction of sp³-hybridized carbons (Fsp3) is 0.729. The number of aliphatic carboxylic acids is 1. The molecular weight excluding hydrogens is 1870 g/mol. The summed E-state index contributed by atoms with van der Waals surface area (Å²) < 4.78 is 6.89. The van der Waals surface area contributed by atoms with Crippen LogP contribution in [0.3, 0.4) is 0 Å². The molecule has 1 amide bonds. The predicted octanol–water partition coefficient (Wildman–Crippen LogP) is 26.2. The molecule has 0 saturated heterocycles. The minimum absolute atomic E-state index is 0.00638. The molecule has 20 aliphatic carbocycles. The third-order valence-electron chi connectivity index (χ3n) is 49.2. The highest BCUT2D eigenvalue weighted by Gasteiger charge is 2.76. The maximum atomic E-state index is 14.5. The maximum Gasteiger partial charge on any atom is 0.308 e. The molecule has 0 aliphatic heterocycles. The van der Waals surface area contributed by atoms with E-state index in [0.717, 1.165) is 170 Å². The Morgan fingerprint density at radius 1 is 0.347 bits per heavy atom. The standard InChI is InChI=1S/C34H43N3O3.C32H44N2O3.C32H43NO4.C31H41NO4/c1-30(2)16-21-20(22(17-30)29(40)37-14-13-36-19-37)9-11-34(7)27(21)24(38)15-26-32(5)18-23(35-8)28(39)31(3,4)25(32)10-12-33(26,34)6;1-28(2)15-19-18(20(16-28)27(37)34-9)10-12-32(7)25(19)22(35)14-24-30(5)17-21(33-8)26(36)29(3,4)23(30)11-13-31(24,32)6;1-28(2)15-19-18(20(16-28)27(36)37-9)10-12-32(7)25(19)22(34)14-24-30(5)17-21(33-8)26(35)29(3,4)23(30)11-13-31(24,32)6;1-27(2)14-18-17(19(15-27)26(35)36)9-11-31(7)24(18)21(33)13-23-29(5)16-20(32-8)25(34)28(3,4)22(29)10-12-30(23,31)6/h13-15,18-22,25,27H,9-12,16-17H2,1-7H3;14,17-20,23,25H,10-13,15-16H2,1-7,9H3,(H,34,37);14,17-20,23,25H,10-13,15-16H2,1-7,9H3;13,16-19,22,24H,9-12,14-15H2,1-7H3,(H,35,36)/t20?,21-,22-,25+,27+,32+,33-,34-;2*18?,19-,20-,23+,25+,30+,31-,32-;17?,18-,19-,22+,24+,29+,30-,31-/m1111/s1. The normalized spacial score (nSPS) is 45.2. The van der Waals surface area contributed by atoms with Gasteiger partial charge in [0.05, 0.1) is 45.2 Å². The highest BCUT2D eigenvalue weighted by atomic mass is 16.5. The number of fused-ring (bicyclic) bond motifs is 28. The van der Waals surface area contributed by atoms with Crippen molar-refractivity contribution in [3.8, 4) is 0 Å². The van der Waals surface area contributed by atoms with Gasteiger partial charge in [-0.3, -0.25) is 42.9 Å². The highest BCUT2D eigenvalue weighted by Crippen LogP contribution is 2.81. The van der Waals surface area contributed by atoms with Crippen LogP contribution in [0.4, 0.5) is 0 Å². The largest absolute Gasteiger partial charge is 0.481 e. The first kappa shape index (κ1) is 110. The first-order valence-corrected chi connectivity index (χ1v) is 57.0. The number of imidazole rings is 1. The minimum Gasteiger partial charge on any atom is -0.481 e. The lowest BCUT2D eigenvalue weighted by Crippen LogP contribution is -2.64. The Hall–Kier alpha value is -9.47. The number of carbonyl (C=O) groups excluding carboxylic acids is 11. The molecule has 1 aromatic rings. The Morgan fingerprint density at radius 3 is 0.840 bits per heavy atom. The molecule has 21 rings (SSSR count). The van der Waals surface area contributed by atoms with Gasteiger partial charge < -0.3 is 34.3 Å². The molecule has 806 valence electrons. The molecule has 2 N–H and O–H groups in total. The molecule has 0 bridgehead atoms. The SMILES string of the molecule is [C-]#[N+]C1=C[C@]2(C)C3=CC(=O)[C@@H]4[C@@H]5CC(C)(C)C[C@@H](C(=O)NC)C5CC[C@@]4(C)[C@]3(C)CC[C@H]2C(C)(C)C1=O.[C-]#[N+]C1=C[C@]2(C)C3=CC(=O)[C@@H]4[C@@H]5CC(C)(C)C[C@@H](C(=O)O)C5CC[C@@]4(C)[C@]3(C)CC[C@H]2C(C)(C)C1=O.[C-]#[N+]C1=C[C@]2(C)C3=CC(=O)[C@@H]4[C@@H]5CC(C)(C)C[C@@H](C(=O)OC)C5CC[C@@]4(C)[C@]3(C)CC[C@H]2C(C)(C)C1=O.[C-]#[N+]C1=C[C@]2(C)C3=CC(=O)[C@@H]4[C@@H]5CC(C)(C)C[C@@H](C(=O)n6ccnc6)C5CC[C@@]4(C)[C@]3(C)CC[C@H]2C(C)(C)C1=O. The Labute approximate surface area is 893 Å². The molecule has 12 saturated carbocycles. The Balaban J connectivity index is 0.000000131. The van der Waals surface area contributed by atoms with Crippen LogP contribution >= 0.6 is 0 Å². The van der Waals surface area contributed by atoms with Crippen LogP contribution in [0.1, 0.15) is 353 Å². The number of allylic oxidation sites excluding steroid dienone is 16. The summed E-state index contributed by atoms with van der Waals surface area (Å²) in [6.45, 7) is 91.9. The van der Waals surface area contributed by atoms with Crippen LogP contribution in [0.5, 0.6) is 0 Å². The molecule has 12 fully saturated rings. The average Bonchev–Trinajstić information content (AvgIpc) is 0.771. The quantitative estimate of drug-likeness (QED) is 0.209. The number of nitrogens with one attached hydrogen (secondary N) is 1. The topological polar surface area (TPSA) is 282 Å². The Kier molecular flexibility index (Phi) is 25.9. The van der Waals surface area contributed by atoms with Crippen LogP contribution in [-0.4, -0.2) is 98.8 Å². The molecule has 21 nitrogen and oxygen atoms in total. The third kappa shape index (κ3) is 15.3. The van der Waals surface area contributed by atoms with E-state index in [1.54, 1.807) is 30.3 Å². The summed E-state index contributed by atoms with van der Waals surface area (Å²) in [7, 11) is 3.21. The van der Waals surface area contributed by atoms with Gasteiger partial charge in [-0.05, 0) is 314 Å². The molecule has 0 radical (unpaired) electrons. The molecular formula is C129H171N7O14. The number of Topliss-reactive ketones (excluding diaryl/α,β-unsaturated/α-hetero) is 4. The van der Waals surface area contributed by atoms with E-state index >= 15 is 0 Å². The number of methoxy groups -OCH3 is 1. The van der Waals surface area contributed by atoms with E-state index in [2.05, 4.69) is 168 Å². The van der Waals surface area contributed by atoms with Gasteiger partial charge >= 0.3 is 11.9 Å². The zero-order valence-electron chi connectivity index (χ0n) is 95.8. The fourth-order valence-corrected chi connectivity index (χ4v) is 41.7. The van der Waals surface area contributed by atoms with Gasteiger partial charge in [0, 0.05) is 98.3 Å². The third-order valence-corrected chi connectivity index (χ3v) is 49.2. The maximum absolute atomic E-state index is 14.5. The molecule has 0 spiro atoms. The first-order valence-electron chi connectivity index (χ1n) is 57.0. The second kappa shape index (κ2) is 35.3. The van der Waals surface area contributed by atoms with Crippen molar-refractivity contribution < 1.29 is 67.4 Å². The predicted molar refractivity (Wildman–Crippen MR) is 576 cm³/mol. The van der Waals surface area contributed by atoms with Gasteiger partial charge in [0.15, 0.2) is 46.3 Å². The van der Waals surface area contributed by atoms with Crippen LogP contribution in [0.2, 0.25) is 0 Å². The number of aromatic nitrogens is 2. The zero-order valence-corrected chi connectivity index (χ0v) is 95.8. The van der Waals surface area contributed by atoms with Gasteiger partial charge in [0.2, 0.25) is 34.6 Å². The summed E-state index contributed by atoms with van der Waals surface area (Å²) in [6.07, 6.45) is 41.7. The molecule has 150 heavy (non-hydrogen) atoms. The Morgan fingerprint density at radius 2 is 0.593 bits per heavy atom. The minimum atomic E-state index is -0.717. The number of nitrogens with zero attached hydrogens (tertiary/aromatic N) is 6. The van der Waals surface area contributed by atoms with E-state index in [9.17, 15) is 62.6 Å². The summed E-state index contributed by atoms with van der Waals surface area (Å²) in [5.41, 5.74) is -1.40. The van der Waals surface area contributed by atoms with E-state index in [0.29, 0.717) is 6.42 Å². The number of hydrogen-bond donors (Lipinski definition) is 2. The number of hydrogen-bond acceptors (Lipinski definition) is 14. The Bertz CT molecular complexity index is 6290. The van der Waals surface area contributed by atoms with Crippen molar-refractivity contribution in [2.75, 3.05) is 14.2 Å². The highest BCUT2D eigenvalue weighted by molar-refractivity contribution is 6.07. The van der Waals surface area contributed by atoms with E-state index < -0.39 is 55.2 Å².